The van der Waals surface area contributed by atoms with E-state index in [1.165, 1.54) is 23.5 Å². The number of rotatable bonds is 2. The number of halogens is 3. The van der Waals surface area contributed by atoms with E-state index in [1.807, 2.05) is 0 Å². The van der Waals surface area contributed by atoms with Crippen LogP contribution in [0, 0.1) is 0 Å². The monoisotopic (exact) mass is 401 g/mol. The molecule has 1 amide bonds. The van der Waals surface area contributed by atoms with Gasteiger partial charge >= 0.3 is 6.29 Å². The SMILES string of the molecule is O=C(Nc1nc2cc3c(cc2[nH]1)OC(F)(F)O3)c1csc(Br)c1. The van der Waals surface area contributed by atoms with E-state index in [9.17, 15) is 13.6 Å². The molecule has 6 nitrogen and oxygen atoms in total. The summed E-state index contributed by atoms with van der Waals surface area (Å²) in [5.74, 6) is -0.334. The molecule has 0 radical (unpaired) electrons. The Hall–Kier alpha value is -2.20. The Kier molecular flexibility index (Phi) is 3.07. The van der Waals surface area contributed by atoms with Crippen LogP contribution in [0.5, 0.6) is 11.5 Å². The van der Waals surface area contributed by atoms with Crippen molar-refractivity contribution in [2.24, 2.45) is 0 Å². The van der Waals surface area contributed by atoms with Crippen LogP contribution in [0.3, 0.4) is 0 Å². The zero-order valence-electron chi connectivity index (χ0n) is 11.0. The molecule has 0 bridgehead atoms. The smallest absolute Gasteiger partial charge is 0.395 e. The molecular weight excluding hydrogens is 396 g/mol. The largest absolute Gasteiger partial charge is 0.586 e. The van der Waals surface area contributed by atoms with Crippen LogP contribution >= 0.6 is 27.3 Å². The number of hydrogen-bond donors (Lipinski definition) is 2. The molecule has 0 fully saturated rings. The van der Waals surface area contributed by atoms with E-state index in [1.54, 1.807) is 11.4 Å². The second kappa shape index (κ2) is 4.90. The van der Waals surface area contributed by atoms with Crippen molar-refractivity contribution in [2.75, 3.05) is 5.32 Å². The molecule has 0 atom stereocenters. The van der Waals surface area contributed by atoms with E-state index >= 15 is 0 Å². The van der Waals surface area contributed by atoms with Gasteiger partial charge in [0.15, 0.2) is 11.5 Å². The summed E-state index contributed by atoms with van der Waals surface area (Å²) in [4.78, 5) is 19.0. The van der Waals surface area contributed by atoms with E-state index in [2.05, 4.69) is 40.7 Å². The van der Waals surface area contributed by atoms with Crippen LogP contribution < -0.4 is 14.8 Å². The lowest BCUT2D eigenvalue weighted by atomic mass is 10.3. The molecule has 2 N–H and O–H groups in total. The number of nitrogens with one attached hydrogen (secondary N) is 2. The summed E-state index contributed by atoms with van der Waals surface area (Å²) in [5.41, 5.74) is 1.29. The number of fused-ring (bicyclic) bond motifs is 2. The molecule has 23 heavy (non-hydrogen) atoms. The molecule has 1 aromatic carbocycles. The van der Waals surface area contributed by atoms with Gasteiger partial charge < -0.3 is 14.5 Å². The summed E-state index contributed by atoms with van der Waals surface area (Å²) in [6, 6.07) is 4.34. The van der Waals surface area contributed by atoms with Gasteiger partial charge in [-0.05, 0) is 22.0 Å². The summed E-state index contributed by atoms with van der Waals surface area (Å²) in [5, 5.41) is 4.30. The molecule has 1 aliphatic heterocycles. The minimum absolute atomic E-state index is 0.0919. The van der Waals surface area contributed by atoms with Crippen molar-refractivity contribution in [1.29, 1.82) is 0 Å². The minimum atomic E-state index is -3.68. The van der Waals surface area contributed by atoms with Gasteiger partial charge in [0.1, 0.15) is 0 Å². The van der Waals surface area contributed by atoms with E-state index in [-0.39, 0.29) is 23.4 Å². The van der Waals surface area contributed by atoms with Crippen LogP contribution in [0.4, 0.5) is 14.7 Å². The normalized spacial score (nSPS) is 15.1. The number of aromatic nitrogens is 2. The molecule has 4 rings (SSSR count). The lowest BCUT2D eigenvalue weighted by Gasteiger charge is -2.04. The van der Waals surface area contributed by atoms with Crippen molar-refractivity contribution in [1.82, 2.24) is 9.97 Å². The summed E-state index contributed by atoms with van der Waals surface area (Å²) < 4.78 is 35.6. The Labute approximate surface area is 139 Å². The predicted molar refractivity (Wildman–Crippen MR) is 82.3 cm³/mol. The Morgan fingerprint density at radius 2 is 2.04 bits per heavy atom. The quantitative estimate of drug-likeness (QED) is 0.681. The first-order chi connectivity index (χ1) is 10.9. The molecule has 1 aliphatic rings. The average Bonchev–Trinajstić information content (AvgIpc) is 3.10. The third-order valence-electron chi connectivity index (χ3n) is 3.07. The van der Waals surface area contributed by atoms with Gasteiger partial charge in [-0.1, -0.05) is 0 Å². The summed E-state index contributed by atoms with van der Waals surface area (Å²) >= 11 is 4.66. The van der Waals surface area contributed by atoms with Crippen molar-refractivity contribution in [3.8, 4) is 11.5 Å². The number of alkyl halides is 2. The number of amides is 1. The first-order valence-electron chi connectivity index (χ1n) is 6.25. The van der Waals surface area contributed by atoms with Gasteiger partial charge in [-0.25, -0.2) is 4.98 Å². The van der Waals surface area contributed by atoms with Crippen LogP contribution in [0.15, 0.2) is 27.4 Å². The Morgan fingerprint density at radius 3 is 2.74 bits per heavy atom. The zero-order valence-corrected chi connectivity index (χ0v) is 13.4. The van der Waals surface area contributed by atoms with Crippen molar-refractivity contribution in [2.45, 2.75) is 6.29 Å². The first-order valence-corrected chi connectivity index (χ1v) is 7.92. The van der Waals surface area contributed by atoms with Gasteiger partial charge in [-0.15, -0.1) is 20.1 Å². The van der Waals surface area contributed by atoms with Crippen LogP contribution in [0.25, 0.3) is 11.0 Å². The molecule has 10 heteroatoms. The standard InChI is InChI=1S/C13H6BrF2N3O3S/c14-10-1-5(4-23-10)11(20)19-12-17-6-2-8-9(3-7(6)18-12)22-13(15,16)21-8/h1-4H,(H2,17,18,19,20). The molecule has 0 saturated heterocycles. The molecule has 3 heterocycles. The fraction of sp³-hybridized carbons (Fsp3) is 0.0769. The van der Waals surface area contributed by atoms with Crippen LogP contribution in [-0.2, 0) is 0 Å². The van der Waals surface area contributed by atoms with Gasteiger partial charge in [0.05, 0.1) is 20.4 Å². The number of thiophene rings is 1. The van der Waals surface area contributed by atoms with Crippen molar-refractivity contribution in [3.63, 3.8) is 0 Å². The Bertz CT molecular complexity index is 895. The van der Waals surface area contributed by atoms with Gasteiger partial charge in [-0.2, -0.15) is 0 Å². The molecule has 3 aromatic rings. The van der Waals surface area contributed by atoms with Gasteiger partial charge in [0.25, 0.3) is 5.91 Å². The maximum Gasteiger partial charge on any atom is 0.586 e. The minimum Gasteiger partial charge on any atom is -0.395 e. The van der Waals surface area contributed by atoms with E-state index < -0.39 is 6.29 Å². The molecule has 2 aromatic heterocycles. The number of benzene rings is 1. The zero-order chi connectivity index (χ0) is 16.2. The predicted octanol–water partition coefficient (Wildman–Crippen LogP) is 3.96. The topological polar surface area (TPSA) is 76.2 Å². The summed E-state index contributed by atoms with van der Waals surface area (Å²) in [6.45, 7) is 0. The molecule has 0 spiro atoms. The van der Waals surface area contributed by atoms with E-state index in [0.717, 1.165) is 3.79 Å². The molecular formula is C13H6BrF2N3O3S. The third kappa shape index (κ3) is 2.63. The van der Waals surface area contributed by atoms with Gasteiger partial charge in [0.2, 0.25) is 5.95 Å². The highest BCUT2D eigenvalue weighted by molar-refractivity contribution is 9.11. The Morgan fingerprint density at radius 1 is 1.30 bits per heavy atom. The summed E-state index contributed by atoms with van der Waals surface area (Å²) in [6.07, 6.45) is -3.68. The molecule has 0 unspecified atom stereocenters. The second-order valence-corrected chi connectivity index (χ2v) is 6.95. The number of ether oxygens (including phenoxy) is 2. The molecule has 0 saturated carbocycles. The number of hydrogen-bond acceptors (Lipinski definition) is 5. The van der Waals surface area contributed by atoms with Crippen LogP contribution in [-0.4, -0.2) is 22.2 Å². The third-order valence-corrected chi connectivity index (χ3v) is 4.57. The number of anilines is 1. The maximum absolute atomic E-state index is 13.0. The van der Waals surface area contributed by atoms with Crippen molar-refractivity contribution >= 4 is 50.2 Å². The lowest BCUT2D eigenvalue weighted by Crippen LogP contribution is -2.25. The first kappa shape index (κ1) is 14.4. The highest BCUT2D eigenvalue weighted by Gasteiger charge is 2.43. The van der Waals surface area contributed by atoms with Gasteiger partial charge in [0, 0.05) is 17.5 Å². The lowest BCUT2D eigenvalue weighted by molar-refractivity contribution is -0.286. The summed E-state index contributed by atoms with van der Waals surface area (Å²) in [7, 11) is 0. The number of carbonyl (C=O) groups is 1. The number of imidazole rings is 1. The fourth-order valence-corrected chi connectivity index (χ4v) is 3.26. The highest BCUT2D eigenvalue weighted by atomic mass is 79.9. The number of H-pyrrole nitrogens is 1. The number of aromatic amines is 1. The molecule has 0 aliphatic carbocycles. The fourth-order valence-electron chi connectivity index (χ4n) is 2.12. The highest BCUT2D eigenvalue weighted by Crippen LogP contribution is 2.42. The van der Waals surface area contributed by atoms with Gasteiger partial charge in [-0.3, -0.25) is 10.1 Å². The van der Waals surface area contributed by atoms with Crippen LogP contribution in [0.1, 0.15) is 10.4 Å². The van der Waals surface area contributed by atoms with Crippen molar-refractivity contribution < 1.29 is 23.0 Å². The second-order valence-electron chi connectivity index (χ2n) is 4.66. The molecule has 118 valence electrons. The van der Waals surface area contributed by atoms with E-state index in [0.29, 0.717) is 16.6 Å². The average molecular weight is 402 g/mol. The van der Waals surface area contributed by atoms with E-state index in [4.69, 9.17) is 0 Å². The van der Waals surface area contributed by atoms with Crippen molar-refractivity contribution in [3.05, 3.63) is 32.9 Å². The number of nitrogens with zero attached hydrogens (tertiary/aromatic N) is 1. The Balaban J connectivity index is 1.62. The van der Waals surface area contributed by atoms with Crippen LogP contribution in [0.2, 0.25) is 0 Å². The maximum atomic E-state index is 13.0. The number of carbonyl (C=O) groups excluding carboxylic acids is 1.